The maximum atomic E-state index is 13.0. The maximum Gasteiger partial charge on any atom is 0.275 e. The van der Waals surface area contributed by atoms with Gasteiger partial charge in [-0.3, -0.25) is 4.79 Å². The molecular weight excluding hydrogens is 398 g/mol. The van der Waals surface area contributed by atoms with Crippen molar-refractivity contribution in [2.24, 2.45) is 0 Å². The van der Waals surface area contributed by atoms with E-state index in [4.69, 9.17) is 4.74 Å². The summed E-state index contributed by atoms with van der Waals surface area (Å²) in [5.41, 5.74) is 3.90. The van der Waals surface area contributed by atoms with Crippen molar-refractivity contribution < 1.29 is 19.7 Å². The topological polar surface area (TPSA) is 59.4 Å². The Morgan fingerprint density at radius 1 is 1.00 bits per heavy atom. The number of benzene rings is 2. The van der Waals surface area contributed by atoms with Crippen LogP contribution in [-0.4, -0.2) is 50.8 Å². The Morgan fingerprint density at radius 3 is 2.34 bits per heavy atom. The largest absolute Gasteiger partial charge is 0.370 e. The van der Waals surface area contributed by atoms with E-state index in [1.165, 1.54) is 48.8 Å². The van der Waals surface area contributed by atoms with Crippen LogP contribution in [0.5, 0.6) is 0 Å². The van der Waals surface area contributed by atoms with Crippen LogP contribution >= 0.6 is 0 Å². The van der Waals surface area contributed by atoms with Crippen LogP contribution < -0.4 is 15.5 Å². The minimum atomic E-state index is 0.121. The number of quaternary nitrogens is 2. The number of nitrogens with two attached hydrogens (primary N) is 1. The summed E-state index contributed by atoms with van der Waals surface area (Å²) in [4.78, 5) is 14.6. The molecule has 1 saturated heterocycles. The summed E-state index contributed by atoms with van der Waals surface area (Å²) in [6, 6.07) is 19.3. The predicted octanol–water partition coefficient (Wildman–Crippen LogP) is 1.38. The smallest absolute Gasteiger partial charge is 0.275 e. The van der Waals surface area contributed by atoms with Crippen LogP contribution in [0.4, 0.5) is 0 Å². The van der Waals surface area contributed by atoms with Gasteiger partial charge < -0.3 is 20.3 Å². The zero-order valence-electron chi connectivity index (χ0n) is 19.4. The summed E-state index contributed by atoms with van der Waals surface area (Å²) in [6.45, 7) is 7.13. The van der Waals surface area contributed by atoms with Gasteiger partial charge in [-0.05, 0) is 19.8 Å². The Bertz CT molecular complexity index is 841. The highest BCUT2D eigenvalue weighted by Gasteiger charge is 2.42. The van der Waals surface area contributed by atoms with E-state index in [0.29, 0.717) is 6.54 Å². The standard InChI is InChI=1S/C27H37N3O2/c1-22-10-12-24(13-11-22)26(23-8-4-2-5-9-23)28-20-25(31)29-21-27(14-6-3-7-15-27)30-16-18-32-19-17-30/h2,4-5,8-13,26,28H,3,6-7,14-21H2,1H3,(H,29,31)/p+2/t26-/m0/s1. The second-order valence-corrected chi connectivity index (χ2v) is 9.57. The van der Waals surface area contributed by atoms with Gasteiger partial charge in [0, 0.05) is 24.0 Å². The van der Waals surface area contributed by atoms with Gasteiger partial charge in [-0.1, -0.05) is 66.6 Å². The molecule has 1 saturated carbocycles. The minimum Gasteiger partial charge on any atom is -0.370 e. The first-order chi connectivity index (χ1) is 15.7. The molecule has 32 heavy (non-hydrogen) atoms. The summed E-state index contributed by atoms with van der Waals surface area (Å²) in [5.74, 6) is 0.135. The molecule has 0 bridgehead atoms. The SMILES string of the molecule is Cc1ccc([C@@H]([NH2+]CC(=O)NCC2([NH+]3CCOCC3)CCCCC2)c2ccccc2)cc1. The zero-order valence-corrected chi connectivity index (χ0v) is 19.4. The second-order valence-electron chi connectivity index (χ2n) is 9.57. The highest BCUT2D eigenvalue weighted by molar-refractivity contribution is 5.76. The first-order valence-electron chi connectivity index (χ1n) is 12.3. The highest BCUT2D eigenvalue weighted by Crippen LogP contribution is 2.25. The van der Waals surface area contributed by atoms with Gasteiger partial charge in [0.15, 0.2) is 6.54 Å². The van der Waals surface area contributed by atoms with Crippen molar-refractivity contribution in [1.82, 2.24) is 5.32 Å². The van der Waals surface area contributed by atoms with E-state index in [9.17, 15) is 4.79 Å². The van der Waals surface area contributed by atoms with Gasteiger partial charge in [-0.2, -0.15) is 0 Å². The maximum absolute atomic E-state index is 13.0. The van der Waals surface area contributed by atoms with E-state index >= 15 is 0 Å². The average Bonchev–Trinajstić information content (AvgIpc) is 2.86. The summed E-state index contributed by atoms with van der Waals surface area (Å²) in [7, 11) is 0. The molecule has 172 valence electrons. The van der Waals surface area contributed by atoms with Crippen molar-refractivity contribution in [2.75, 3.05) is 39.4 Å². The zero-order chi connectivity index (χ0) is 22.2. The van der Waals surface area contributed by atoms with Crippen molar-refractivity contribution in [3.63, 3.8) is 0 Å². The molecule has 2 aromatic carbocycles. The third kappa shape index (κ3) is 5.77. The van der Waals surface area contributed by atoms with E-state index in [-0.39, 0.29) is 17.5 Å². The lowest BCUT2D eigenvalue weighted by molar-refractivity contribution is -0.960. The molecule has 2 aliphatic rings. The molecule has 1 heterocycles. The van der Waals surface area contributed by atoms with Crippen LogP contribution in [0.25, 0.3) is 0 Å². The van der Waals surface area contributed by atoms with E-state index < -0.39 is 0 Å². The van der Waals surface area contributed by atoms with Crippen LogP contribution in [0.2, 0.25) is 0 Å². The molecule has 1 aliphatic carbocycles. The molecule has 5 nitrogen and oxygen atoms in total. The monoisotopic (exact) mass is 437 g/mol. The number of amides is 1. The summed E-state index contributed by atoms with van der Waals surface area (Å²) >= 11 is 0. The van der Waals surface area contributed by atoms with E-state index in [1.807, 2.05) is 6.07 Å². The van der Waals surface area contributed by atoms with Gasteiger partial charge in [-0.25, -0.2) is 0 Å². The number of rotatable bonds is 8. The molecule has 4 N–H and O–H groups in total. The highest BCUT2D eigenvalue weighted by atomic mass is 16.5. The number of aryl methyl sites for hydroxylation is 1. The van der Waals surface area contributed by atoms with Crippen molar-refractivity contribution in [1.29, 1.82) is 0 Å². The van der Waals surface area contributed by atoms with Gasteiger partial charge in [0.05, 0.1) is 19.8 Å². The Kier molecular flexibility index (Phi) is 7.95. The molecule has 1 amide bonds. The van der Waals surface area contributed by atoms with Gasteiger partial charge in [0.2, 0.25) is 0 Å². The van der Waals surface area contributed by atoms with Gasteiger partial charge >= 0.3 is 0 Å². The number of hydrogen-bond donors (Lipinski definition) is 3. The van der Waals surface area contributed by atoms with Crippen LogP contribution in [-0.2, 0) is 9.53 Å². The summed E-state index contributed by atoms with van der Waals surface area (Å²) in [6.07, 6.45) is 6.29. The molecule has 1 aliphatic heterocycles. The number of carbonyl (C=O) groups is 1. The lowest BCUT2D eigenvalue weighted by atomic mass is 9.79. The Balaban J connectivity index is 1.39. The fourth-order valence-corrected chi connectivity index (χ4v) is 5.50. The van der Waals surface area contributed by atoms with Crippen LogP contribution in [0, 0.1) is 6.92 Å². The molecule has 0 aromatic heterocycles. The predicted molar refractivity (Wildman–Crippen MR) is 127 cm³/mol. The van der Waals surface area contributed by atoms with Crippen LogP contribution in [0.15, 0.2) is 54.6 Å². The molecule has 2 aromatic rings. The van der Waals surface area contributed by atoms with Crippen molar-refractivity contribution in [3.05, 3.63) is 71.3 Å². The summed E-state index contributed by atoms with van der Waals surface area (Å²) < 4.78 is 5.60. The average molecular weight is 438 g/mol. The third-order valence-corrected chi connectivity index (χ3v) is 7.42. The van der Waals surface area contributed by atoms with Gasteiger partial charge in [-0.15, -0.1) is 0 Å². The fraction of sp³-hybridized carbons (Fsp3) is 0.519. The Labute approximate surface area is 192 Å². The molecule has 4 rings (SSSR count). The molecule has 1 atom stereocenters. The molecule has 5 heteroatoms. The van der Waals surface area contributed by atoms with E-state index in [1.54, 1.807) is 4.90 Å². The molecule has 0 spiro atoms. The number of nitrogens with one attached hydrogen (secondary N) is 2. The number of morpholine rings is 1. The van der Waals surface area contributed by atoms with Crippen molar-refractivity contribution in [2.45, 2.75) is 50.6 Å². The number of ether oxygens (including phenoxy) is 1. The summed E-state index contributed by atoms with van der Waals surface area (Å²) in [5, 5.41) is 5.50. The van der Waals surface area contributed by atoms with Crippen LogP contribution in [0.3, 0.4) is 0 Å². The second kappa shape index (κ2) is 11.1. The molecule has 2 fully saturated rings. The Morgan fingerprint density at radius 2 is 1.66 bits per heavy atom. The Hall–Kier alpha value is -2.21. The van der Waals surface area contributed by atoms with Crippen molar-refractivity contribution in [3.8, 4) is 0 Å². The van der Waals surface area contributed by atoms with E-state index in [2.05, 4.69) is 66.1 Å². The normalized spacial score (nSPS) is 19.9. The van der Waals surface area contributed by atoms with Crippen LogP contribution in [0.1, 0.15) is 54.8 Å². The fourth-order valence-electron chi connectivity index (χ4n) is 5.50. The van der Waals surface area contributed by atoms with Gasteiger partial charge in [0.25, 0.3) is 5.91 Å². The minimum absolute atomic E-state index is 0.121. The molecule has 0 radical (unpaired) electrons. The number of carbonyl (C=O) groups excluding carboxylic acids is 1. The lowest BCUT2D eigenvalue weighted by Gasteiger charge is -2.44. The van der Waals surface area contributed by atoms with E-state index in [0.717, 1.165) is 32.8 Å². The molecular formula is C27H39N3O2+2. The number of hydrogen-bond acceptors (Lipinski definition) is 2. The molecule has 0 unspecified atom stereocenters. The first-order valence-corrected chi connectivity index (χ1v) is 12.3. The first kappa shape index (κ1) is 23.0. The van der Waals surface area contributed by atoms with Gasteiger partial charge in [0.1, 0.15) is 24.7 Å². The van der Waals surface area contributed by atoms with Crippen molar-refractivity contribution >= 4 is 5.91 Å². The quantitative estimate of drug-likeness (QED) is 0.584. The lowest BCUT2D eigenvalue weighted by Crippen LogP contribution is -3.23. The third-order valence-electron chi connectivity index (χ3n) is 7.42.